The van der Waals surface area contributed by atoms with Gasteiger partial charge in [0, 0.05) is 6.42 Å². The SMILES string of the molecule is CC/C=C\C/C=C\C/C=C\C/C=C\C/C=C\C/C=C\CCCCCCCCCCCCCCCCCCC(=O)NC(COC1OC(CO)C(OC2OC(CO)C(O)C(O)C2O)C(O)C1O)C(O)CCCCCC. The van der Waals surface area contributed by atoms with Gasteiger partial charge in [0.05, 0.1) is 32.0 Å². The van der Waals surface area contributed by atoms with Crippen molar-refractivity contribution in [3.8, 4) is 0 Å². The van der Waals surface area contributed by atoms with Gasteiger partial charge in [0.2, 0.25) is 5.91 Å². The van der Waals surface area contributed by atoms with Crippen LogP contribution in [0.4, 0.5) is 0 Å². The molecule has 2 rings (SSSR count). The van der Waals surface area contributed by atoms with Crippen LogP contribution in [0.2, 0.25) is 0 Å². The van der Waals surface area contributed by atoms with Crippen molar-refractivity contribution in [1.29, 1.82) is 0 Å². The number of hydrogen-bond acceptors (Lipinski definition) is 13. The van der Waals surface area contributed by atoms with Crippen LogP contribution < -0.4 is 5.32 Å². The van der Waals surface area contributed by atoms with Crippen LogP contribution in [0.25, 0.3) is 0 Å². The molecular weight excluding hydrogens is 931 g/mol. The van der Waals surface area contributed by atoms with Gasteiger partial charge in [0.25, 0.3) is 0 Å². The van der Waals surface area contributed by atoms with Gasteiger partial charge in [-0.3, -0.25) is 4.79 Å². The van der Waals surface area contributed by atoms with E-state index in [1.54, 1.807) is 0 Å². The van der Waals surface area contributed by atoms with E-state index in [0.717, 1.165) is 89.9 Å². The number of hydrogen-bond donors (Lipinski definition) is 9. The van der Waals surface area contributed by atoms with Crippen molar-refractivity contribution in [3.05, 3.63) is 72.9 Å². The molecule has 2 aliphatic heterocycles. The Labute approximate surface area is 440 Å². The Morgan fingerprint density at radius 2 is 0.945 bits per heavy atom. The number of unbranched alkanes of at least 4 members (excludes halogenated alkanes) is 19. The number of aliphatic hydroxyl groups excluding tert-OH is 8. The summed E-state index contributed by atoms with van der Waals surface area (Å²) in [7, 11) is 0. The summed E-state index contributed by atoms with van der Waals surface area (Å²) in [6.07, 6.45) is 41.6. The molecule has 12 atom stereocenters. The van der Waals surface area contributed by atoms with E-state index in [1.807, 2.05) is 0 Å². The van der Waals surface area contributed by atoms with Crippen LogP contribution in [-0.2, 0) is 23.7 Å². The summed E-state index contributed by atoms with van der Waals surface area (Å²) in [6, 6.07) is -0.826. The fourth-order valence-corrected chi connectivity index (χ4v) is 9.06. The van der Waals surface area contributed by atoms with Crippen molar-refractivity contribution in [3.63, 3.8) is 0 Å². The first kappa shape index (κ1) is 66.5. The van der Waals surface area contributed by atoms with Gasteiger partial charge < -0.3 is 65.1 Å². The lowest BCUT2D eigenvalue weighted by Crippen LogP contribution is -2.65. The highest BCUT2D eigenvalue weighted by Gasteiger charge is 2.51. The molecule has 14 heteroatoms. The summed E-state index contributed by atoms with van der Waals surface area (Å²) in [5.74, 6) is -0.218. The molecule has 0 aromatic carbocycles. The molecule has 73 heavy (non-hydrogen) atoms. The van der Waals surface area contributed by atoms with Crippen LogP contribution in [0.1, 0.15) is 200 Å². The fourth-order valence-electron chi connectivity index (χ4n) is 9.06. The molecule has 422 valence electrons. The Balaban J connectivity index is 1.52. The molecule has 0 spiro atoms. The number of carbonyl (C=O) groups is 1. The zero-order chi connectivity index (χ0) is 53.2. The first-order chi connectivity index (χ1) is 35.6. The zero-order valence-corrected chi connectivity index (χ0v) is 45.1. The van der Waals surface area contributed by atoms with Gasteiger partial charge in [-0.15, -0.1) is 0 Å². The van der Waals surface area contributed by atoms with Gasteiger partial charge in [0.1, 0.15) is 48.8 Å². The van der Waals surface area contributed by atoms with Gasteiger partial charge in [-0.05, 0) is 64.2 Å². The van der Waals surface area contributed by atoms with Gasteiger partial charge in [-0.25, -0.2) is 0 Å². The molecule has 9 N–H and O–H groups in total. The summed E-state index contributed by atoms with van der Waals surface area (Å²) < 4.78 is 22.6. The van der Waals surface area contributed by atoms with Gasteiger partial charge in [-0.2, -0.15) is 0 Å². The largest absolute Gasteiger partial charge is 0.394 e. The summed E-state index contributed by atoms with van der Waals surface area (Å²) in [5.41, 5.74) is 0. The van der Waals surface area contributed by atoms with Crippen molar-refractivity contribution >= 4 is 5.91 Å². The lowest BCUT2D eigenvalue weighted by molar-refractivity contribution is -0.359. The Bertz CT molecular complexity index is 1500. The van der Waals surface area contributed by atoms with Crippen molar-refractivity contribution in [2.24, 2.45) is 0 Å². The van der Waals surface area contributed by atoms with E-state index in [0.29, 0.717) is 12.8 Å². The van der Waals surface area contributed by atoms with E-state index in [4.69, 9.17) is 18.9 Å². The quantitative estimate of drug-likeness (QED) is 0.0205. The highest BCUT2D eigenvalue weighted by Crippen LogP contribution is 2.30. The number of allylic oxidation sites excluding steroid dienone is 12. The van der Waals surface area contributed by atoms with Crippen molar-refractivity contribution in [2.45, 2.75) is 274 Å². The highest BCUT2D eigenvalue weighted by atomic mass is 16.7. The third-order valence-corrected chi connectivity index (χ3v) is 13.7. The highest BCUT2D eigenvalue weighted by molar-refractivity contribution is 5.76. The number of nitrogens with one attached hydrogen (secondary N) is 1. The third-order valence-electron chi connectivity index (χ3n) is 13.7. The van der Waals surface area contributed by atoms with Crippen molar-refractivity contribution < 1.29 is 64.6 Å². The Morgan fingerprint density at radius 1 is 0.507 bits per heavy atom. The second-order valence-electron chi connectivity index (χ2n) is 20.0. The molecule has 1 amide bonds. The number of ether oxygens (including phenoxy) is 4. The van der Waals surface area contributed by atoms with Crippen LogP contribution in [0.15, 0.2) is 72.9 Å². The molecule has 2 heterocycles. The molecule has 0 aliphatic carbocycles. The first-order valence-electron chi connectivity index (χ1n) is 28.7. The van der Waals surface area contributed by atoms with E-state index in [2.05, 4.69) is 92.1 Å². The summed E-state index contributed by atoms with van der Waals surface area (Å²) in [5, 5.41) is 86.3. The molecule has 0 radical (unpaired) electrons. The fraction of sp³-hybridized carbons (Fsp3) is 0.780. The molecule has 12 unspecified atom stereocenters. The molecule has 2 fully saturated rings. The molecule has 14 nitrogen and oxygen atoms in total. The lowest BCUT2D eigenvalue weighted by Gasteiger charge is -2.46. The average molecular weight is 1030 g/mol. The number of amides is 1. The number of rotatable bonds is 44. The van der Waals surface area contributed by atoms with Crippen LogP contribution >= 0.6 is 0 Å². The minimum atomic E-state index is -1.78. The molecule has 0 saturated carbocycles. The summed E-state index contributed by atoms with van der Waals surface area (Å²) in [6.45, 7) is 2.60. The van der Waals surface area contributed by atoms with Crippen molar-refractivity contribution in [2.75, 3.05) is 19.8 Å². The second-order valence-corrected chi connectivity index (χ2v) is 20.0. The Kier molecular flexibility index (Phi) is 40.6. The zero-order valence-electron chi connectivity index (χ0n) is 45.1. The normalized spacial score (nSPS) is 25.9. The molecular formula is C59H103NO13. The van der Waals surface area contributed by atoms with E-state index >= 15 is 0 Å². The minimum absolute atomic E-state index is 0.218. The minimum Gasteiger partial charge on any atom is -0.394 e. The third kappa shape index (κ3) is 30.7. The smallest absolute Gasteiger partial charge is 0.220 e. The Hall–Kier alpha value is -2.57. The van der Waals surface area contributed by atoms with Crippen molar-refractivity contribution in [1.82, 2.24) is 5.32 Å². The molecule has 2 aliphatic rings. The van der Waals surface area contributed by atoms with Gasteiger partial charge >= 0.3 is 0 Å². The van der Waals surface area contributed by atoms with Crippen LogP contribution in [0, 0.1) is 0 Å². The number of carbonyl (C=O) groups excluding carboxylic acids is 1. The lowest BCUT2D eigenvalue weighted by atomic mass is 9.97. The Morgan fingerprint density at radius 3 is 1.44 bits per heavy atom. The first-order valence-corrected chi connectivity index (χ1v) is 28.7. The van der Waals surface area contributed by atoms with Gasteiger partial charge in [-0.1, -0.05) is 202 Å². The van der Waals surface area contributed by atoms with E-state index in [-0.39, 0.29) is 12.5 Å². The van der Waals surface area contributed by atoms with Crippen LogP contribution in [0.5, 0.6) is 0 Å². The predicted octanol–water partition coefficient (Wildman–Crippen LogP) is 9.16. The molecule has 2 saturated heterocycles. The monoisotopic (exact) mass is 1030 g/mol. The van der Waals surface area contributed by atoms with Gasteiger partial charge in [0.15, 0.2) is 12.6 Å². The van der Waals surface area contributed by atoms with Crippen LogP contribution in [0.3, 0.4) is 0 Å². The molecule has 0 bridgehead atoms. The number of aliphatic hydroxyl groups is 8. The topological polar surface area (TPSA) is 228 Å². The van der Waals surface area contributed by atoms with E-state index in [1.165, 1.54) is 83.5 Å². The molecule has 0 aromatic rings. The standard InChI is InChI=1S/C59H103NO13/c1-3-5-7-9-10-11-12-13-14-15-16-17-18-19-20-21-22-23-24-25-26-27-28-29-30-31-32-33-34-35-36-37-38-39-41-43-51(64)60-47(48(63)42-40-8-6-4-2)46-70-58-56(69)54(67)57(50(45-62)72-58)73-59-55(68)53(66)52(65)49(44-61)71-59/h5,7,10-11,13-14,16-17,19-20,22-23,47-50,52-59,61-63,65-69H,3-4,6,8-9,12,15,18,21,24-46H2,1-2H3,(H,60,64)/b7-5-,11-10-,14-13-,17-16-,20-19-,23-22-. The maximum atomic E-state index is 13.1. The van der Waals surface area contributed by atoms with E-state index in [9.17, 15) is 45.6 Å². The predicted molar refractivity (Wildman–Crippen MR) is 290 cm³/mol. The maximum Gasteiger partial charge on any atom is 0.220 e. The summed E-state index contributed by atoms with van der Waals surface area (Å²) in [4.78, 5) is 13.1. The maximum absolute atomic E-state index is 13.1. The second kappa shape index (κ2) is 44.5. The molecule has 0 aromatic heterocycles. The summed E-state index contributed by atoms with van der Waals surface area (Å²) >= 11 is 0. The van der Waals surface area contributed by atoms with Crippen LogP contribution in [-0.4, -0.2) is 140 Å². The van der Waals surface area contributed by atoms with E-state index < -0.39 is 86.8 Å². The average Bonchev–Trinajstić information content (AvgIpc) is 3.39.